The van der Waals surface area contributed by atoms with Crippen molar-refractivity contribution in [1.82, 2.24) is 0 Å². The van der Waals surface area contributed by atoms with Gasteiger partial charge in [-0.25, -0.2) is 0 Å². The minimum absolute atomic E-state index is 0.0737. The molecule has 0 unspecified atom stereocenters. The second kappa shape index (κ2) is 8.87. The lowest BCUT2D eigenvalue weighted by Gasteiger charge is -2.07. The Morgan fingerprint density at radius 1 is 0.667 bits per heavy atom. The van der Waals surface area contributed by atoms with Gasteiger partial charge in [-0.15, -0.1) is 0 Å². The smallest absolute Gasteiger partial charge is 0.310 e. The Bertz CT molecular complexity index is 610. The zero-order chi connectivity index (χ0) is 17.4. The van der Waals surface area contributed by atoms with Crippen LogP contribution in [0.4, 0.5) is 0 Å². The molecule has 2 aromatic rings. The van der Waals surface area contributed by atoms with Crippen LogP contribution in [0.1, 0.15) is 22.3 Å². The molecule has 0 aromatic heterocycles. The second-order valence-electron chi connectivity index (χ2n) is 5.77. The highest BCUT2D eigenvalue weighted by Gasteiger charge is 2.07. The van der Waals surface area contributed by atoms with Crippen LogP contribution < -0.4 is 0 Å². The van der Waals surface area contributed by atoms with E-state index in [-0.39, 0.29) is 38.0 Å². The molecule has 0 radical (unpaired) electrons. The molecule has 126 valence electrons. The van der Waals surface area contributed by atoms with E-state index in [1.807, 2.05) is 62.4 Å². The predicted molar refractivity (Wildman–Crippen MR) is 91.7 cm³/mol. The fourth-order valence-corrected chi connectivity index (χ4v) is 2.16. The van der Waals surface area contributed by atoms with Gasteiger partial charge in [-0.1, -0.05) is 59.7 Å². The first-order chi connectivity index (χ1) is 11.5. The third kappa shape index (κ3) is 6.24. The molecule has 0 saturated carbocycles. The van der Waals surface area contributed by atoms with Gasteiger partial charge >= 0.3 is 11.9 Å². The van der Waals surface area contributed by atoms with E-state index in [2.05, 4.69) is 0 Å². The molecule has 0 aliphatic rings. The molecule has 4 heteroatoms. The number of carbonyl (C=O) groups is 2. The largest absolute Gasteiger partial charge is 0.462 e. The van der Waals surface area contributed by atoms with Crippen LogP contribution in [-0.2, 0) is 31.9 Å². The maximum Gasteiger partial charge on any atom is 0.310 e. The summed E-state index contributed by atoms with van der Waals surface area (Å²) in [6.45, 7) is 4.13. The molecule has 0 N–H and O–H groups in total. The molecule has 0 aliphatic carbocycles. The maximum atomic E-state index is 11.7. The molecule has 0 atom stereocenters. The molecule has 0 amide bonds. The van der Waals surface area contributed by atoms with Crippen molar-refractivity contribution in [3.8, 4) is 0 Å². The average Bonchev–Trinajstić information content (AvgIpc) is 2.56. The Balaban J connectivity index is 1.63. The van der Waals surface area contributed by atoms with E-state index in [0.717, 1.165) is 22.3 Å². The van der Waals surface area contributed by atoms with Gasteiger partial charge in [0, 0.05) is 0 Å². The van der Waals surface area contributed by atoms with Crippen molar-refractivity contribution in [2.75, 3.05) is 13.2 Å². The monoisotopic (exact) mass is 326 g/mol. The summed E-state index contributed by atoms with van der Waals surface area (Å²) in [5, 5.41) is 0. The number of hydrogen-bond donors (Lipinski definition) is 0. The van der Waals surface area contributed by atoms with Crippen LogP contribution in [0.3, 0.4) is 0 Å². The minimum Gasteiger partial charge on any atom is -0.462 e. The summed E-state index contributed by atoms with van der Waals surface area (Å²) in [5.74, 6) is -0.651. The normalized spacial score (nSPS) is 10.2. The number of benzene rings is 2. The molecule has 0 spiro atoms. The van der Waals surface area contributed by atoms with E-state index >= 15 is 0 Å². The van der Waals surface area contributed by atoms with E-state index in [4.69, 9.17) is 9.47 Å². The minimum atomic E-state index is -0.326. The van der Waals surface area contributed by atoms with Crippen LogP contribution in [0.2, 0.25) is 0 Å². The molecular formula is C20H22O4. The highest BCUT2D eigenvalue weighted by atomic mass is 16.6. The standard InChI is InChI=1S/C20H22O4/c1-15-3-7-17(8-4-15)13-19(21)23-11-12-24-20(22)14-18-9-5-16(2)6-10-18/h3-10H,11-14H2,1-2H3. The van der Waals surface area contributed by atoms with Gasteiger partial charge in [0.2, 0.25) is 0 Å². The van der Waals surface area contributed by atoms with Gasteiger partial charge in [0.15, 0.2) is 0 Å². The fraction of sp³-hybridized carbons (Fsp3) is 0.300. The second-order valence-corrected chi connectivity index (χ2v) is 5.77. The molecule has 0 bridgehead atoms. The van der Waals surface area contributed by atoms with Gasteiger partial charge in [-0.3, -0.25) is 9.59 Å². The predicted octanol–water partition coefficient (Wildman–Crippen LogP) is 3.18. The third-order valence-corrected chi connectivity index (χ3v) is 3.55. The molecule has 2 aromatic carbocycles. The van der Waals surface area contributed by atoms with Gasteiger partial charge in [0.25, 0.3) is 0 Å². The van der Waals surface area contributed by atoms with Crippen molar-refractivity contribution in [2.45, 2.75) is 26.7 Å². The van der Waals surface area contributed by atoms with Crippen molar-refractivity contribution < 1.29 is 19.1 Å². The van der Waals surface area contributed by atoms with E-state index in [9.17, 15) is 9.59 Å². The zero-order valence-corrected chi connectivity index (χ0v) is 14.1. The highest BCUT2D eigenvalue weighted by Crippen LogP contribution is 2.06. The summed E-state index contributed by atoms with van der Waals surface area (Å²) in [6.07, 6.45) is 0.440. The van der Waals surface area contributed by atoms with Crippen LogP contribution in [0.25, 0.3) is 0 Å². The number of esters is 2. The van der Waals surface area contributed by atoms with Crippen LogP contribution in [0.5, 0.6) is 0 Å². The van der Waals surface area contributed by atoms with Crippen molar-refractivity contribution in [2.24, 2.45) is 0 Å². The van der Waals surface area contributed by atoms with Crippen LogP contribution in [0.15, 0.2) is 48.5 Å². The zero-order valence-electron chi connectivity index (χ0n) is 14.1. The first-order valence-electron chi connectivity index (χ1n) is 7.95. The molecule has 0 saturated heterocycles. The van der Waals surface area contributed by atoms with Gasteiger partial charge in [0.05, 0.1) is 12.8 Å². The molecule has 24 heavy (non-hydrogen) atoms. The topological polar surface area (TPSA) is 52.6 Å². The summed E-state index contributed by atoms with van der Waals surface area (Å²) < 4.78 is 10.2. The average molecular weight is 326 g/mol. The summed E-state index contributed by atoms with van der Waals surface area (Å²) in [5.41, 5.74) is 4.10. The molecule has 4 nitrogen and oxygen atoms in total. The lowest BCUT2D eigenvalue weighted by molar-refractivity contribution is -0.151. The summed E-state index contributed by atoms with van der Waals surface area (Å²) in [6, 6.07) is 15.4. The molecule has 0 fully saturated rings. The van der Waals surface area contributed by atoms with Gasteiger partial charge in [0.1, 0.15) is 13.2 Å². The maximum absolute atomic E-state index is 11.7. The summed E-state index contributed by atoms with van der Waals surface area (Å²) >= 11 is 0. The van der Waals surface area contributed by atoms with Crippen LogP contribution in [-0.4, -0.2) is 25.2 Å². The molecule has 0 heterocycles. The Hall–Kier alpha value is -2.62. The number of carbonyl (C=O) groups excluding carboxylic acids is 2. The van der Waals surface area contributed by atoms with Crippen molar-refractivity contribution in [1.29, 1.82) is 0 Å². The van der Waals surface area contributed by atoms with Crippen molar-refractivity contribution >= 4 is 11.9 Å². The lowest BCUT2D eigenvalue weighted by atomic mass is 10.1. The number of rotatable bonds is 7. The van der Waals surface area contributed by atoms with E-state index in [1.165, 1.54) is 0 Å². The molecular weight excluding hydrogens is 304 g/mol. The molecule has 2 rings (SSSR count). The summed E-state index contributed by atoms with van der Waals surface area (Å²) in [7, 11) is 0. The van der Waals surface area contributed by atoms with Gasteiger partial charge in [-0.2, -0.15) is 0 Å². The lowest BCUT2D eigenvalue weighted by Crippen LogP contribution is -2.16. The van der Waals surface area contributed by atoms with Crippen molar-refractivity contribution in [3.05, 3.63) is 70.8 Å². The fourth-order valence-electron chi connectivity index (χ4n) is 2.16. The van der Waals surface area contributed by atoms with E-state index in [0.29, 0.717) is 0 Å². The quantitative estimate of drug-likeness (QED) is 0.579. The molecule has 0 aliphatic heterocycles. The first kappa shape index (κ1) is 17.7. The van der Waals surface area contributed by atoms with E-state index < -0.39 is 0 Å². The number of aryl methyl sites for hydroxylation is 2. The number of hydrogen-bond acceptors (Lipinski definition) is 4. The van der Waals surface area contributed by atoms with Crippen LogP contribution >= 0.6 is 0 Å². The van der Waals surface area contributed by atoms with Gasteiger partial charge < -0.3 is 9.47 Å². The van der Waals surface area contributed by atoms with Crippen molar-refractivity contribution in [3.63, 3.8) is 0 Å². The summed E-state index contributed by atoms with van der Waals surface area (Å²) in [4.78, 5) is 23.4. The Morgan fingerprint density at radius 2 is 1.00 bits per heavy atom. The Labute approximate surface area is 142 Å². The SMILES string of the molecule is Cc1ccc(CC(=O)OCCOC(=O)Cc2ccc(C)cc2)cc1. The first-order valence-corrected chi connectivity index (χ1v) is 7.95. The third-order valence-electron chi connectivity index (χ3n) is 3.55. The van der Waals surface area contributed by atoms with Crippen LogP contribution in [0, 0.1) is 13.8 Å². The van der Waals surface area contributed by atoms with E-state index in [1.54, 1.807) is 0 Å². The Kier molecular flexibility index (Phi) is 6.55. The number of ether oxygens (including phenoxy) is 2. The van der Waals surface area contributed by atoms with Gasteiger partial charge in [-0.05, 0) is 25.0 Å². The Morgan fingerprint density at radius 3 is 1.33 bits per heavy atom. The highest BCUT2D eigenvalue weighted by molar-refractivity contribution is 5.73.